The van der Waals surface area contributed by atoms with Crippen LogP contribution < -0.4 is 10.2 Å². The van der Waals surface area contributed by atoms with Gasteiger partial charge in [0, 0.05) is 44.5 Å². The first-order valence-corrected chi connectivity index (χ1v) is 5.94. The number of hydrogen-bond acceptors (Lipinski definition) is 5. The molecule has 0 aromatic carbocycles. The normalized spacial score (nSPS) is 18.2. The van der Waals surface area contributed by atoms with Crippen molar-refractivity contribution >= 4 is 0 Å². The molecule has 17 heavy (non-hydrogen) atoms. The zero-order valence-corrected chi connectivity index (χ0v) is 10.5. The SMILES string of the molecule is COc1ncccc1CNN1CCN(C)CC1. The van der Waals surface area contributed by atoms with Gasteiger partial charge in [-0.05, 0) is 13.1 Å². The topological polar surface area (TPSA) is 40.6 Å². The Morgan fingerprint density at radius 3 is 2.82 bits per heavy atom. The molecule has 2 heterocycles. The van der Waals surface area contributed by atoms with E-state index in [-0.39, 0.29) is 0 Å². The average molecular weight is 236 g/mol. The van der Waals surface area contributed by atoms with Gasteiger partial charge in [-0.3, -0.25) is 5.43 Å². The molecule has 5 nitrogen and oxygen atoms in total. The summed E-state index contributed by atoms with van der Waals surface area (Å²) in [5.41, 5.74) is 4.51. The Labute approximate surface area is 102 Å². The summed E-state index contributed by atoms with van der Waals surface area (Å²) >= 11 is 0. The van der Waals surface area contributed by atoms with Crippen LogP contribution in [0.3, 0.4) is 0 Å². The molecule has 1 saturated heterocycles. The fourth-order valence-corrected chi connectivity index (χ4v) is 1.90. The summed E-state index contributed by atoms with van der Waals surface area (Å²) in [5, 5.41) is 2.26. The van der Waals surface area contributed by atoms with Gasteiger partial charge >= 0.3 is 0 Å². The highest BCUT2D eigenvalue weighted by Gasteiger charge is 2.13. The second-order valence-electron chi connectivity index (χ2n) is 4.30. The van der Waals surface area contributed by atoms with E-state index >= 15 is 0 Å². The number of pyridine rings is 1. The third kappa shape index (κ3) is 3.39. The molecule has 1 N–H and O–H groups in total. The van der Waals surface area contributed by atoms with Crippen LogP contribution in [0.5, 0.6) is 5.88 Å². The molecule has 1 fully saturated rings. The third-order valence-electron chi connectivity index (χ3n) is 3.04. The van der Waals surface area contributed by atoms with Gasteiger partial charge in [-0.15, -0.1) is 0 Å². The van der Waals surface area contributed by atoms with E-state index in [9.17, 15) is 0 Å². The van der Waals surface area contributed by atoms with Crippen molar-refractivity contribution in [3.05, 3.63) is 23.9 Å². The highest BCUT2D eigenvalue weighted by molar-refractivity contribution is 5.24. The molecule has 2 rings (SSSR count). The quantitative estimate of drug-likeness (QED) is 0.816. The van der Waals surface area contributed by atoms with Crippen LogP contribution in [0.15, 0.2) is 18.3 Å². The van der Waals surface area contributed by atoms with Crippen LogP contribution in [0.25, 0.3) is 0 Å². The number of likely N-dealkylation sites (N-methyl/N-ethyl adjacent to an activating group) is 1. The van der Waals surface area contributed by atoms with Crippen molar-refractivity contribution < 1.29 is 4.74 Å². The lowest BCUT2D eigenvalue weighted by Gasteiger charge is -2.32. The van der Waals surface area contributed by atoms with Gasteiger partial charge in [0.2, 0.25) is 5.88 Å². The van der Waals surface area contributed by atoms with Gasteiger partial charge in [0.15, 0.2) is 0 Å². The fraction of sp³-hybridized carbons (Fsp3) is 0.583. The van der Waals surface area contributed by atoms with E-state index in [0.717, 1.165) is 38.3 Å². The minimum absolute atomic E-state index is 0.703. The Bertz CT molecular complexity index is 350. The number of piperazine rings is 1. The molecule has 0 unspecified atom stereocenters. The first kappa shape index (κ1) is 12.3. The predicted molar refractivity (Wildman–Crippen MR) is 66.7 cm³/mol. The van der Waals surface area contributed by atoms with Crippen molar-refractivity contribution in [1.82, 2.24) is 20.3 Å². The molecule has 0 saturated carbocycles. The maximum Gasteiger partial charge on any atom is 0.217 e. The molecule has 5 heteroatoms. The Kier molecular flexibility index (Phi) is 4.30. The minimum atomic E-state index is 0.703. The van der Waals surface area contributed by atoms with Gasteiger partial charge < -0.3 is 9.64 Å². The average Bonchev–Trinajstić information content (AvgIpc) is 2.38. The number of hydrogen-bond donors (Lipinski definition) is 1. The van der Waals surface area contributed by atoms with Gasteiger partial charge in [0.1, 0.15) is 0 Å². The summed E-state index contributed by atoms with van der Waals surface area (Å²) in [6, 6.07) is 3.97. The molecule has 0 amide bonds. The first-order valence-electron chi connectivity index (χ1n) is 5.94. The largest absolute Gasteiger partial charge is 0.481 e. The molecule has 1 aromatic rings. The first-order chi connectivity index (χ1) is 8.29. The van der Waals surface area contributed by atoms with Gasteiger partial charge in [-0.1, -0.05) is 6.07 Å². The van der Waals surface area contributed by atoms with Crippen LogP contribution in [0.4, 0.5) is 0 Å². The molecule has 94 valence electrons. The molecule has 0 bridgehead atoms. The lowest BCUT2D eigenvalue weighted by Crippen LogP contribution is -2.50. The van der Waals surface area contributed by atoms with Gasteiger partial charge in [-0.25, -0.2) is 9.99 Å². The lowest BCUT2D eigenvalue weighted by atomic mass is 10.3. The molecule has 0 atom stereocenters. The second-order valence-corrected chi connectivity index (χ2v) is 4.30. The van der Waals surface area contributed by atoms with Crippen LogP contribution in [0, 0.1) is 0 Å². The highest BCUT2D eigenvalue weighted by atomic mass is 16.5. The molecule has 0 spiro atoms. The Morgan fingerprint density at radius 2 is 2.12 bits per heavy atom. The van der Waals surface area contributed by atoms with Crippen molar-refractivity contribution in [3.8, 4) is 5.88 Å². The zero-order chi connectivity index (χ0) is 12.1. The molecule has 0 aliphatic carbocycles. The Balaban J connectivity index is 1.85. The van der Waals surface area contributed by atoms with Crippen molar-refractivity contribution in [2.75, 3.05) is 40.3 Å². The Hall–Kier alpha value is -1.17. The molecule has 1 aromatic heterocycles. The van der Waals surface area contributed by atoms with Gasteiger partial charge in [-0.2, -0.15) is 0 Å². The second kappa shape index (κ2) is 5.95. The van der Waals surface area contributed by atoms with Crippen LogP contribution >= 0.6 is 0 Å². The van der Waals surface area contributed by atoms with Crippen LogP contribution in [-0.2, 0) is 6.54 Å². The number of nitrogens with zero attached hydrogens (tertiary/aromatic N) is 3. The maximum atomic E-state index is 5.22. The van der Waals surface area contributed by atoms with Gasteiger partial charge in [0.05, 0.1) is 7.11 Å². The molecule has 1 aliphatic rings. The summed E-state index contributed by atoms with van der Waals surface area (Å²) in [5.74, 6) is 0.703. The summed E-state index contributed by atoms with van der Waals surface area (Å²) in [7, 11) is 3.81. The zero-order valence-electron chi connectivity index (χ0n) is 10.5. The van der Waals surface area contributed by atoms with Crippen molar-refractivity contribution in [3.63, 3.8) is 0 Å². The van der Waals surface area contributed by atoms with E-state index in [1.165, 1.54) is 0 Å². The maximum absolute atomic E-state index is 5.22. The minimum Gasteiger partial charge on any atom is -0.481 e. The van der Waals surface area contributed by atoms with Crippen LogP contribution in [-0.4, -0.2) is 55.2 Å². The van der Waals surface area contributed by atoms with E-state index in [1.807, 2.05) is 12.1 Å². The summed E-state index contributed by atoms with van der Waals surface area (Å²) in [6.07, 6.45) is 1.75. The number of aromatic nitrogens is 1. The summed E-state index contributed by atoms with van der Waals surface area (Å²) in [6.45, 7) is 5.09. The van der Waals surface area contributed by atoms with Crippen molar-refractivity contribution in [1.29, 1.82) is 0 Å². The van der Waals surface area contributed by atoms with E-state index in [1.54, 1.807) is 13.3 Å². The number of ether oxygens (including phenoxy) is 1. The van der Waals surface area contributed by atoms with E-state index in [4.69, 9.17) is 4.74 Å². The van der Waals surface area contributed by atoms with Gasteiger partial charge in [0.25, 0.3) is 0 Å². The number of nitrogens with one attached hydrogen (secondary N) is 1. The van der Waals surface area contributed by atoms with E-state index in [0.29, 0.717) is 5.88 Å². The van der Waals surface area contributed by atoms with Crippen molar-refractivity contribution in [2.45, 2.75) is 6.54 Å². The smallest absolute Gasteiger partial charge is 0.217 e. The summed E-state index contributed by atoms with van der Waals surface area (Å²) < 4.78 is 5.22. The third-order valence-corrected chi connectivity index (χ3v) is 3.04. The highest BCUT2D eigenvalue weighted by Crippen LogP contribution is 2.13. The number of methoxy groups -OCH3 is 1. The van der Waals surface area contributed by atoms with Crippen LogP contribution in [0.1, 0.15) is 5.56 Å². The molecule has 1 aliphatic heterocycles. The van der Waals surface area contributed by atoms with Crippen LogP contribution in [0.2, 0.25) is 0 Å². The fourth-order valence-electron chi connectivity index (χ4n) is 1.90. The predicted octanol–water partition coefficient (Wildman–Crippen LogP) is 0.342. The summed E-state index contributed by atoms with van der Waals surface area (Å²) in [4.78, 5) is 6.52. The standard InChI is InChI=1S/C12H20N4O/c1-15-6-8-16(9-7-15)14-10-11-4-3-5-13-12(11)17-2/h3-5,14H,6-10H2,1-2H3. The number of hydrazine groups is 1. The monoisotopic (exact) mass is 236 g/mol. The molecular formula is C12H20N4O. The molecular weight excluding hydrogens is 216 g/mol. The van der Waals surface area contributed by atoms with E-state index in [2.05, 4.69) is 27.4 Å². The van der Waals surface area contributed by atoms with Crippen molar-refractivity contribution in [2.24, 2.45) is 0 Å². The lowest BCUT2D eigenvalue weighted by molar-refractivity contribution is 0.102. The number of rotatable bonds is 4. The molecule has 0 radical (unpaired) electrons. The Morgan fingerprint density at radius 1 is 1.35 bits per heavy atom. The van der Waals surface area contributed by atoms with E-state index < -0.39 is 0 Å².